The smallest absolute Gasteiger partial charge is 0.187 e. The minimum absolute atomic E-state index is 0.323. The first kappa shape index (κ1) is 28.3. The van der Waals surface area contributed by atoms with Gasteiger partial charge in [0.05, 0.1) is 17.8 Å². The lowest BCUT2D eigenvalue weighted by molar-refractivity contribution is 0.208. The number of nitrogens with zero attached hydrogens (tertiary/aromatic N) is 1. The predicted octanol–water partition coefficient (Wildman–Crippen LogP) is 6.71. The van der Waals surface area contributed by atoms with Gasteiger partial charge in [-0.2, -0.15) is 5.10 Å². The summed E-state index contributed by atoms with van der Waals surface area (Å²) in [6.45, 7) is 8.10. The lowest BCUT2D eigenvalue weighted by atomic mass is 9.99. The van der Waals surface area contributed by atoms with Gasteiger partial charge in [0.15, 0.2) is 16.6 Å². The van der Waals surface area contributed by atoms with Crippen molar-refractivity contribution in [2.75, 3.05) is 19.8 Å². The van der Waals surface area contributed by atoms with Gasteiger partial charge in [0.2, 0.25) is 0 Å². The molecule has 0 aromatic heterocycles. The SMILES string of the molecule is CCOc1cc(/C=N\NC(=S)NCc2ccccc2)cc(Cl)c1OCCOc1ccc([C@H](C)CC)cc1. The van der Waals surface area contributed by atoms with Crippen LogP contribution in [-0.4, -0.2) is 31.1 Å². The molecule has 0 saturated carbocycles. The minimum Gasteiger partial charge on any atom is -0.490 e. The quantitative estimate of drug-likeness (QED) is 0.109. The highest BCUT2D eigenvalue weighted by molar-refractivity contribution is 7.80. The predicted molar refractivity (Wildman–Crippen MR) is 155 cm³/mol. The zero-order chi connectivity index (χ0) is 26.5. The topological polar surface area (TPSA) is 64.1 Å². The van der Waals surface area contributed by atoms with E-state index in [2.05, 4.69) is 41.8 Å². The Kier molecular flexibility index (Phi) is 11.5. The zero-order valence-electron chi connectivity index (χ0n) is 21.5. The Bertz CT molecular complexity index is 1160. The molecule has 0 saturated heterocycles. The Morgan fingerprint density at radius 1 is 1.00 bits per heavy atom. The fourth-order valence-electron chi connectivity index (χ4n) is 3.48. The molecule has 1 atom stereocenters. The van der Waals surface area contributed by atoms with Gasteiger partial charge in [-0.05, 0) is 72.4 Å². The first-order valence-corrected chi connectivity index (χ1v) is 13.2. The van der Waals surface area contributed by atoms with Gasteiger partial charge >= 0.3 is 0 Å². The number of ether oxygens (including phenoxy) is 3. The van der Waals surface area contributed by atoms with E-state index in [0.717, 1.165) is 23.3 Å². The fraction of sp³-hybridized carbons (Fsp3) is 0.310. The summed E-state index contributed by atoms with van der Waals surface area (Å²) in [5, 5.41) is 8.16. The number of hydrogen-bond donors (Lipinski definition) is 2. The van der Waals surface area contributed by atoms with Crippen molar-refractivity contribution in [1.29, 1.82) is 0 Å². The van der Waals surface area contributed by atoms with Crippen molar-refractivity contribution < 1.29 is 14.2 Å². The third kappa shape index (κ3) is 9.26. The third-order valence-corrected chi connectivity index (χ3v) is 6.18. The number of nitrogens with one attached hydrogen (secondary N) is 2. The molecule has 0 amide bonds. The molecule has 0 radical (unpaired) electrons. The molecule has 0 spiro atoms. The summed E-state index contributed by atoms with van der Waals surface area (Å²) >= 11 is 11.8. The van der Waals surface area contributed by atoms with Gasteiger partial charge in [-0.1, -0.05) is 67.9 Å². The maximum absolute atomic E-state index is 6.52. The molecule has 6 nitrogen and oxygen atoms in total. The Labute approximate surface area is 230 Å². The summed E-state index contributed by atoms with van der Waals surface area (Å²) in [5.74, 6) is 2.36. The van der Waals surface area contributed by atoms with Crippen LogP contribution in [0.1, 0.15) is 49.8 Å². The summed E-state index contributed by atoms with van der Waals surface area (Å²) < 4.78 is 17.5. The van der Waals surface area contributed by atoms with Crippen LogP contribution in [0.4, 0.5) is 0 Å². The monoisotopic (exact) mass is 539 g/mol. The number of benzene rings is 3. The van der Waals surface area contributed by atoms with Crippen LogP contribution in [0.3, 0.4) is 0 Å². The summed E-state index contributed by atoms with van der Waals surface area (Å²) in [5.41, 5.74) is 6.00. The van der Waals surface area contributed by atoms with Crippen molar-refractivity contribution in [3.8, 4) is 17.2 Å². The molecular formula is C29H34ClN3O3S. The van der Waals surface area contributed by atoms with Gasteiger partial charge in [-0.3, -0.25) is 5.43 Å². The first-order chi connectivity index (χ1) is 18.0. The Hall–Kier alpha value is -3.29. The number of thiocarbonyl (C=S) groups is 1. The molecule has 0 fully saturated rings. The molecule has 0 aliphatic heterocycles. The molecule has 0 aliphatic carbocycles. The standard InChI is InChI=1S/C29H34ClN3O3S/c1-4-21(3)24-11-13-25(14-12-24)35-15-16-36-28-26(30)17-23(18-27(28)34-5-2)20-32-33-29(37)31-19-22-9-7-6-8-10-22/h6-14,17-18,20-21H,4-5,15-16,19H2,1-3H3,(H2,31,33,37)/b32-20-/t21-/m1/s1. The summed E-state index contributed by atoms with van der Waals surface area (Å²) in [7, 11) is 0. The van der Waals surface area contributed by atoms with Crippen LogP contribution < -0.4 is 25.0 Å². The Balaban J connectivity index is 1.51. The first-order valence-electron chi connectivity index (χ1n) is 12.4. The maximum atomic E-state index is 6.52. The molecule has 8 heteroatoms. The third-order valence-electron chi connectivity index (χ3n) is 5.67. The summed E-state index contributed by atoms with van der Waals surface area (Å²) in [6.07, 6.45) is 2.73. The molecule has 0 aliphatic rings. The molecular weight excluding hydrogens is 506 g/mol. The average molecular weight is 540 g/mol. The Morgan fingerprint density at radius 3 is 2.43 bits per heavy atom. The van der Waals surface area contributed by atoms with Crippen molar-refractivity contribution >= 4 is 35.1 Å². The molecule has 37 heavy (non-hydrogen) atoms. The van der Waals surface area contributed by atoms with Crippen molar-refractivity contribution in [3.05, 3.63) is 88.4 Å². The van der Waals surface area contributed by atoms with E-state index in [1.807, 2.05) is 55.5 Å². The molecule has 3 aromatic rings. The highest BCUT2D eigenvalue weighted by Gasteiger charge is 2.12. The molecule has 3 aromatic carbocycles. The van der Waals surface area contributed by atoms with Crippen LogP contribution in [0.5, 0.6) is 17.2 Å². The zero-order valence-corrected chi connectivity index (χ0v) is 23.1. The van der Waals surface area contributed by atoms with Crippen LogP contribution in [0.15, 0.2) is 71.8 Å². The second-order valence-corrected chi connectivity index (χ2v) is 9.19. The van der Waals surface area contributed by atoms with Crippen LogP contribution in [0.25, 0.3) is 0 Å². The lowest BCUT2D eigenvalue weighted by Gasteiger charge is -2.15. The van der Waals surface area contributed by atoms with Crippen molar-refractivity contribution in [2.45, 2.75) is 39.7 Å². The van der Waals surface area contributed by atoms with Gasteiger partial charge in [0.25, 0.3) is 0 Å². The van der Waals surface area contributed by atoms with E-state index in [1.54, 1.807) is 12.3 Å². The van der Waals surface area contributed by atoms with E-state index in [1.165, 1.54) is 5.56 Å². The van der Waals surface area contributed by atoms with E-state index in [0.29, 0.717) is 53.9 Å². The van der Waals surface area contributed by atoms with Crippen molar-refractivity contribution in [2.24, 2.45) is 5.10 Å². The summed E-state index contributed by atoms with van der Waals surface area (Å²) in [6, 6.07) is 21.8. The van der Waals surface area contributed by atoms with Crippen molar-refractivity contribution in [1.82, 2.24) is 10.7 Å². The second-order valence-electron chi connectivity index (χ2n) is 8.38. The highest BCUT2D eigenvalue weighted by atomic mass is 35.5. The molecule has 0 unspecified atom stereocenters. The lowest BCUT2D eigenvalue weighted by Crippen LogP contribution is -2.31. The normalized spacial score (nSPS) is 11.7. The van der Waals surface area contributed by atoms with Gasteiger partial charge in [0.1, 0.15) is 19.0 Å². The van der Waals surface area contributed by atoms with E-state index >= 15 is 0 Å². The minimum atomic E-state index is 0.323. The van der Waals surface area contributed by atoms with Crippen LogP contribution >= 0.6 is 23.8 Å². The van der Waals surface area contributed by atoms with Gasteiger partial charge in [0, 0.05) is 6.54 Å². The molecule has 2 N–H and O–H groups in total. The fourth-order valence-corrected chi connectivity index (χ4v) is 3.88. The van der Waals surface area contributed by atoms with Crippen LogP contribution in [0.2, 0.25) is 5.02 Å². The Morgan fingerprint density at radius 2 is 1.73 bits per heavy atom. The van der Waals surface area contributed by atoms with Gasteiger partial charge in [-0.15, -0.1) is 0 Å². The van der Waals surface area contributed by atoms with E-state index in [9.17, 15) is 0 Å². The molecule has 3 rings (SSSR count). The van der Waals surface area contributed by atoms with Crippen LogP contribution in [0, 0.1) is 0 Å². The number of halogens is 1. The summed E-state index contributed by atoms with van der Waals surface area (Å²) in [4.78, 5) is 0. The molecule has 0 bridgehead atoms. The van der Waals surface area contributed by atoms with E-state index in [-0.39, 0.29) is 0 Å². The van der Waals surface area contributed by atoms with Gasteiger partial charge in [-0.25, -0.2) is 0 Å². The largest absolute Gasteiger partial charge is 0.490 e. The molecule has 0 heterocycles. The van der Waals surface area contributed by atoms with Crippen molar-refractivity contribution in [3.63, 3.8) is 0 Å². The number of hydrazone groups is 1. The average Bonchev–Trinajstić information content (AvgIpc) is 2.91. The maximum Gasteiger partial charge on any atom is 0.187 e. The van der Waals surface area contributed by atoms with Gasteiger partial charge < -0.3 is 19.5 Å². The van der Waals surface area contributed by atoms with E-state index < -0.39 is 0 Å². The number of hydrogen-bond acceptors (Lipinski definition) is 5. The number of rotatable bonds is 13. The van der Waals surface area contributed by atoms with E-state index in [4.69, 9.17) is 38.0 Å². The second kappa shape index (κ2) is 15.1. The van der Waals surface area contributed by atoms with Crippen LogP contribution in [-0.2, 0) is 6.54 Å². The highest BCUT2D eigenvalue weighted by Crippen LogP contribution is 2.36. The molecule has 196 valence electrons.